The number of pyridine rings is 1. The van der Waals surface area contributed by atoms with Crippen LogP contribution in [-0.4, -0.2) is 35.7 Å². The van der Waals surface area contributed by atoms with Crippen LogP contribution in [0.1, 0.15) is 32.8 Å². The van der Waals surface area contributed by atoms with Gasteiger partial charge in [0, 0.05) is 37.4 Å². The highest BCUT2D eigenvalue weighted by atomic mass is 16.5. The lowest BCUT2D eigenvalue weighted by molar-refractivity contribution is -0.170. The molecule has 5 nitrogen and oxygen atoms in total. The van der Waals surface area contributed by atoms with E-state index in [1.54, 1.807) is 12.4 Å². The minimum Gasteiger partial charge on any atom is -0.378 e. The van der Waals surface area contributed by atoms with E-state index in [-0.39, 0.29) is 17.4 Å². The highest BCUT2D eigenvalue weighted by Crippen LogP contribution is 2.49. The van der Waals surface area contributed by atoms with Gasteiger partial charge in [-0.1, -0.05) is 13.8 Å². The first kappa shape index (κ1) is 15.9. The van der Waals surface area contributed by atoms with Crippen LogP contribution >= 0.6 is 0 Å². The Kier molecular flexibility index (Phi) is 4.64. The molecular formula is C16H25N3O2. The molecule has 0 aliphatic heterocycles. The topological polar surface area (TPSA) is 77.2 Å². The molecule has 0 saturated heterocycles. The normalized spacial score (nSPS) is 27.0. The van der Waals surface area contributed by atoms with Gasteiger partial charge in [-0.3, -0.25) is 9.78 Å². The van der Waals surface area contributed by atoms with Crippen molar-refractivity contribution in [2.75, 3.05) is 13.2 Å². The molecule has 2 unspecified atom stereocenters. The van der Waals surface area contributed by atoms with Gasteiger partial charge in [0.2, 0.25) is 5.91 Å². The molecule has 1 aliphatic carbocycles. The molecule has 21 heavy (non-hydrogen) atoms. The van der Waals surface area contributed by atoms with Crippen LogP contribution in [0.15, 0.2) is 24.5 Å². The van der Waals surface area contributed by atoms with Crippen LogP contribution in [-0.2, 0) is 16.0 Å². The molecule has 1 amide bonds. The molecule has 1 heterocycles. The van der Waals surface area contributed by atoms with Crippen molar-refractivity contribution in [2.24, 2.45) is 11.1 Å². The lowest BCUT2D eigenvalue weighted by Gasteiger charge is -2.57. The average molecular weight is 291 g/mol. The van der Waals surface area contributed by atoms with E-state index in [1.807, 2.05) is 32.9 Å². The molecule has 2 atom stereocenters. The third-order valence-corrected chi connectivity index (χ3v) is 4.68. The van der Waals surface area contributed by atoms with E-state index in [0.29, 0.717) is 19.6 Å². The molecule has 0 aromatic carbocycles. The number of ether oxygens (including phenoxy) is 1. The van der Waals surface area contributed by atoms with Gasteiger partial charge in [-0.2, -0.15) is 0 Å². The summed E-state index contributed by atoms with van der Waals surface area (Å²) in [5, 5.41) is 2.95. The fourth-order valence-corrected chi connectivity index (χ4v) is 2.85. The van der Waals surface area contributed by atoms with Gasteiger partial charge < -0.3 is 15.8 Å². The van der Waals surface area contributed by atoms with Crippen LogP contribution in [0.4, 0.5) is 0 Å². The molecule has 0 spiro atoms. The Morgan fingerprint density at radius 2 is 2.14 bits per heavy atom. The summed E-state index contributed by atoms with van der Waals surface area (Å²) >= 11 is 0. The smallest absolute Gasteiger partial charge is 0.240 e. The van der Waals surface area contributed by atoms with Crippen molar-refractivity contribution in [1.29, 1.82) is 0 Å². The number of nitrogens with zero attached hydrogens (tertiary/aromatic N) is 1. The van der Waals surface area contributed by atoms with Crippen molar-refractivity contribution in [2.45, 2.75) is 45.3 Å². The monoisotopic (exact) mass is 291 g/mol. The molecule has 116 valence electrons. The summed E-state index contributed by atoms with van der Waals surface area (Å²) in [6.07, 6.45) is 4.92. The van der Waals surface area contributed by atoms with Crippen molar-refractivity contribution in [3.8, 4) is 0 Å². The second-order valence-electron chi connectivity index (χ2n) is 6.20. The first-order valence-corrected chi connectivity index (χ1v) is 7.49. The zero-order valence-electron chi connectivity index (χ0n) is 13.1. The fourth-order valence-electron chi connectivity index (χ4n) is 2.85. The van der Waals surface area contributed by atoms with Gasteiger partial charge in [-0.25, -0.2) is 0 Å². The van der Waals surface area contributed by atoms with E-state index in [4.69, 9.17) is 10.5 Å². The first-order valence-electron chi connectivity index (χ1n) is 7.49. The summed E-state index contributed by atoms with van der Waals surface area (Å²) < 4.78 is 5.65. The van der Waals surface area contributed by atoms with E-state index >= 15 is 0 Å². The first-order chi connectivity index (χ1) is 9.91. The van der Waals surface area contributed by atoms with E-state index in [2.05, 4.69) is 10.3 Å². The Morgan fingerprint density at radius 3 is 2.71 bits per heavy atom. The lowest BCUT2D eigenvalue weighted by Crippen LogP contribution is -2.75. The Morgan fingerprint density at radius 1 is 1.48 bits per heavy atom. The number of amides is 1. The molecule has 2 rings (SSSR count). The molecular weight excluding hydrogens is 266 g/mol. The number of nitrogens with one attached hydrogen (secondary N) is 1. The summed E-state index contributed by atoms with van der Waals surface area (Å²) in [6.45, 7) is 7.19. The maximum Gasteiger partial charge on any atom is 0.240 e. The standard InChI is InChI=1S/C16H25N3O2/c1-4-21-13-11-16(17,15(13,2)3)14(20)19-10-7-12-5-8-18-9-6-12/h5-6,8-9,13H,4,7,10-11,17H2,1-3H3,(H,19,20). The summed E-state index contributed by atoms with van der Waals surface area (Å²) in [4.78, 5) is 16.4. The van der Waals surface area contributed by atoms with Gasteiger partial charge in [-0.05, 0) is 31.0 Å². The molecule has 1 aromatic heterocycles. The largest absolute Gasteiger partial charge is 0.378 e. The number of carbonyl (C=O) groups excluding carboxylic acids is 1. The molecule has 1 aliphatic rings. The van der Waals surface area contributed by atoms with Gasteiger partial charge >= 0.3 is 0 Å². The maximum absolute atomic E-state index is 12.4. The third kappa shape index (κ3) is 2.94. The van der Waals surface area contributed by atoms with Crippen LogP contribution in [0.2, 0.25) is 0 Å². The Bertz CT molecular complexity index is 490. The van der Waals surface area contributed by atoms with E-state index in [1.165, 1.54) is 0 Å². The van der Waals surface area contributed by atoms with E-state index < -0.39 is 5.54 Å². The number of hydrogen-bond donors (Lipinski definition) is 2. The molecule has 5 heteroatoms. The molecule has 1 aromatic rings. The van der Waals surface area contributed by atoms with Crippen molar-refractivity contribution in [1.82, 2.24) is 10.3 Å². The highest BCUT2D eigenvalue weighted by Gasteiger charge is 2.62. The zero-order valence-corrected chi connectivity index (χ0v) is 13.1. The van der Waals surface area contributed by atoms with Gasteiger partial charge in [-0.15, -0.1) is 0 Å². The summed E-state index contributed by atoms with van der Waals surface area (Å²) in [6, 6.07) is 3.89. The number of nitrogens with two attached hydrogens (primary N) is 1. The van der Waals surface area contributed by atoms with Crippen molar-refractivity contribution in [3.05, 3.63) is 30.1 Å². The lowest BCUT2D eigenvalue weighted by atomic mass is 9.54. The fraction of sp³-hybridized carbons (Fsp3) is 0.625. The second-order valence-corrected chi connectivity index (χ2v) is 6.20. The maximum atomic E-state index is 12.4. The molecule has 3 N–H and O–H groups in total. The summed E-state index contributed by atoms with van der Waals surface area (Å²) in [7, 11) is 0. The quantitative estimate of drug-likeness (QED) is 0.827. The Labute approximate surface area is 126 Å². The summed E-state index contributed by atoms with van der Waals surface area (Å²) in [5.41, 5.74) is 6.29. The molecule has 0 bridgehead atoms. The van der Waals surface area contributed by atoms with Crippen molar-refractivity contribution < 1.29 is 9.53 Å². The summed E-state index contributed by atoms with van der Waals surface area (Å²) in [5.74, 6) is -0.0856. The Hall–Kier alpha value is -1.46. The SMILES string of the molecule is CCOC1CC(N)(C(=O)NCCc2ccncc2)C1(C)C. The minimum atomic E-state index is -0.842. The minimum absolute atomic E-state index is 0.0541. The third-order valence-electron chi connectivity index (χ3n) is 4.68. The highest BCUT2D eigenvalue weighted by molar-refractivity contribution is 5.88. The average Bonchev–Trinajstić information content (AvgIpc) is 2.47. The van der Waals surface area contributed by atoms with Crippen LogP contribution in [0.3, 0.4) is 0 Å². The predicted octanol–water partition coefficient (Wildman–Crippen LogP) is 1.27. The van der Waals surface area contributed by atoms with E-state index in [0.717, 1.165) is 12.0 Å². The van der Waals surface area contributed by atoms with Gasteiger partial charge in [0.25, 0.3) is 0 Å². The number of hydrogen-bond acceptors (Lipinski definition) is 4. The van der Waals surface area contributed by atoms with Gasteiger partial charge in [0.1, 0.15) is 5.54 Å². The van der Waals surface area contributed by atoms with Crippen LogP contribution < -0.4 is 11.1 Å². The zero-order chi connectivity index (χ0) is 15.5. The van der Waals surface area contributed by atoms with Crippen molar-refractivity contribution in [3.63, 3.8) is 0 Å². The van der Waals surface area contributed by atoms with Crippen LogP contribution in [0, 0.1) is 5.41 Å². The van der Waals surface area contributed by atoms with Crippen molar-refractivity contribution >= 4 is 5.91 Å². The number of rotatable bonds is 6. The van der Waals surface area contributed by atoms with Gasteiger partial charge in [0.15, 0.2) is 0 Å². The number of aromatic nitrogens is 1. The van der Waals surface area contributed by atoms with Crippen LogP contribution in [0.25, 0.3) is 0 Å². The Balaban J connectivity index is 1.86. The van der Waals surface area contributed by atoms with E-state index in [9.17, 15) is 4.79 Å². The molecule has 1 saturated carbocycles. The molecule has 1 fully saturated rings. The van der Waals surface area contributed by atoms with Crippen LogP contribution in [0.5, 0.6) is 0 Å². The van der Waals surface area contributed by atoms with Gasteiger partial charge in [0.05, 0.1) is 6.10 Å². The predicted molar refractivity (Wildman–Crippen MR) is 81.7 cm³/mol. The second kappa shape index (κ2) is 6.12. The number of carbonyl (C=O) groups is 1. The molecule has 0 radical (unpaired) electrons.